The van der Waals surface area contributed by atoms with E-state index in [-0.39, 0.29) is 0 Å². The Morgan fingerprint density at radius 1 is 1.04 bits per heavy atom. The van der Waals surface area contributed by atoms with Crippen LogP contribution in [0.3, 0.4) is 0 Å². The van der Waals surface area contributed by atoms with Gasteiger partial charge in [-0.3, -0.25) is 0 Å². The van der Waals surface area contributed by atoms with Crippen LogP contribution in [0.1, 0.15) is 24.1 Å². The number of rotatable bonds is 1. The molecule has 0 saturated carbocycles. The van der Waals surface area contributed by atoms with Crippen molar-refractivity contribution in [3.05, 3.63) is 65.7 Å². The van der Waals surface area contributed by atoms with Crippen molar-refractivity contribution in [1.82, 2.24) is 9.97 Å². The maximum atomic E-state index is 6.08. The summed E-state index contributed by atoms with van der Waals surface area (Å²) in [5.74, 6) is 2.41. The number of furan rings is 1. The molecule has 2 aromatic heterocycles. The number of fused-ring (bicyclic) bond motifs is 4. The first kappa shape index (κ1) is 14.4. The summed E-state index contributed by atoms with van der Waals surface area (Å²) in [6, 6.07) is 14.5. The van der Waals surface area contributed by atoms with E-state index in [2.05, 4.69) is 48.3 Å². The van der Waals surface area contributed by atoms with Crippen molar-refractivity contribution in [2.24, 2.45) is 5.92 Å². The molecule has 2 aromatic carbocycles. The molecule has 3 heteroatoms. The first-order valence-electron chi connectivity index (χ1n) is 8.66. The maximum Gasteiger partial charge on any atom is 0.134 e. The predicted octanol–water partition coefficient (Wildman–Crippen LogP) is 5.56. The Morgan fingerprint density at radius 2 is 1.92 bits per heavy atom. The van der Waals surface area contributed by atoms with E-state index in [0.29, 0.717) is 5.92 Å². The molecule has 5 rings (SSSR count). The van der Waals surface area contributed by atoms with Crippen molar-refractivity contribution in [2.45, 2.75) is 20.3 Å². The Balaban J connectivity index is 1.77. The maximum absolute atomic E-state index is 6.08. The Morgan fingerprint density at radius 3 is 2.84 bits per heavy atom. The van der Waals surface area contributed by atoms with E-state index >= 15 is 0 Å². The van der Waals surface area contributed by atoms with Gasteiger partial charge in [-0.05, 0) is 37.1 Å². The van der Waals surface area contributed by atoms with E-state index < -0.39 is 0 Å². The van der Waals surface area contributed by atoms with Crippen molar-refractivity contribution >= 4 is 27.9 Å². The minimum atomic E-state index is 0.529. The standard InChI is InChI=1S/C22H18N2O/c1-13-7-9-16-18-12-15(8-10-20(18)25-21(16)11-13)22-17-5-3-4-6-19(17)23-14(2)24-22/h3-10,12-13H,11H2,1-2H3. The third kappa shape index (κ3) is 2.27. The van der Waals surface area contributed by atoms with E-state index in [1.807, 2.05) is 25.1 Å². The second-order valence-corrected chi connectivity index (χ2v) is 6.83. The number of aryl methyl sites for hydroxylation is 1. The lowest BCUT2D eigenvalue weighted by Crippen LogP contribution is -2.00. The molecule has 0 fully saturated rings. The van der Waals surface area contributed by atoms with Crippen LogP contribution in [0.15, 0.2) is 53.0 Å². The fraction of sp³-hybridized carbons (Fsp3) is 0.182. The van der Waals surface area contributed by atoms with Crippen LogP contribution < -0.4 is 0 Å². The molecule has 1 aliphatic carbocycles. The predicted molar refractivity (Wildman–Crippen MR) is 101 cm³/mol. The molecule has 0 saturated heterocycles. The van der Waals surface area contributed by atoms with Gasteiger partial charge in [-0.1, -0.05) is 37.3 Å². The van der Waals surface area contributed by atoms with Crippen LogP contribution in [0.4, 0.5) is 0 Å². The highest BCUT2D eigenvalue weighted by Gasteiger charge is 2.19. The van der Waals surface area contributed by atoms with Gasteiger partial charge in [0, 0.05) is 28.3 Å². The van der Waals surface area contributed by atoms with E-state index in [1.165, 1.54) is 5.56 Å². The van der Waals surface area contributed by atoms with Crippen LogP contribution in [0, 0.1) is 12.8 Å². The quantitative estimate of drug-likeness (QED) is 0.460. The molecule has 0 bridgehead atoms. The molecule has 1 unspecified atom stereocenters. The number of nitrogens with zero attached hydrogens (tertiary/aromatic N) is 2. The third-order valence-electron chi connectivity index (χ3n) is 4.89. The molecular formula is C22H18N2O. The average Bonchev–Trinajstić information content (AvgIpc) is 2.97. The van der Waals surface area contributed by atoms with Gasteiger partial charge in [0.1, 0.15) is 17.2 Å². The number of hydrogen-bond donors (Lipinski definition) is 0. The smallest absolute Gasteiger partial charge is 0.134 e. The molecule has 4 aromatic rings. The van der Waals surface area contributed by atoms with E-state index in [1.54, 1.807) is 0 Å². The van der Waals surface area contributed by atoms with Crippen molar-refractivity contribution in [2.75, 3.05) is 0 Å². The zero-order chi connectivity index (χ0) is 17.0. The molecule has 0 N–H and O–H groups in total. The summed E-state index contributed by atoms with van der Waals surface area (Å²) in [6.45, 7) is 4.16. The largest absolute Gasteiger partial charge is 0.460 e. The number of benzene rings is 2. The first-order valence-corrected chi connectivity index (χ1v) is 8.66. The Bertz CT molecular complexity index is 1150. The summed E-state index contributed by atoms with van der Waals surface area (Å²) in [5, 5.41) is 2.24. The number of aromatic nitrogens is 2. The highest BCUT2D eigenvalue weighted by atomic mass is 16.3. The van der Waals surface area contributed by atoms with Crippen LogP contribution in [0.25, 0.3) is 39.2 Å². The second-order valence-electron chi connectivity index (χ2n) is 6.83. The fourth-order valence-electron chi connectivity index (χ4n) is 3.68. The molecule has 1 aliphatic rings. The molecule has 0 amide bonds. The lowest BCUT2D eigenvalue weighted by molar-refractivity contribution is 0.513. The molecule has 1 atom stereocenters. The monoisotopic (exact) mass is 326 g/mol. The lowest BCUT2D eigenvalue weighted by Gasteiger charge is -2.10. The molecule has 2 heterocycles. The summed E-state index contributed by atoms with van der Waals surface area (Å²) in [5.41, 5.74) is 5.22. The summed E-state index contributed by atoms with van der Waals surface area (Å²) in [7, 11) is 0. The fourth-order valence-corrected chi connectivity index (χ4v) is 3.68. The van der Waals surface area contributed by atoms with Gasteiger partial charge in [-0.25, -0.2) is 9.97 Å². The van der Waals surface area contributed by atoms with Gasteiger partial charge in [0.25, 0.3) is 0 Å². The summed E-state index contributed by atoms with van der Waals surface area (Å²) in [6.07, 6.45) is 5.42. The minimum Gasteiger partial charge on any atom is -0.460 e. The minimum absolute atomic E-state index is 0.529. The second kappa shape index (κ2) is 5.28. The lowest BCUT2D eigenvalue weighted by atomic mass is 9.94. The van der Waals surface area contributed by atoms with Crippen molar-refractivity contribution in [1.29, 1.82) is 0 Å². The van der Waals surface area contributed by atoms with Crippen LogP contribution >= 0.6 is 0 Å². The summed E-state index contributed by atoms with van der Waals surface area (Å²) in [4.78, 5) is 9.28. The zero-order valence-corrected chi connectivity index (χ0v) is 14.3. The van der Waals surface area contributed by atoms with Gasteiger partial charge in [0.2, 0.25) is 0 Å². The number of hydrogen-bond acceptors (Lipinski definition) is 3. The molecule has 0 aliphatic heterocycles. The SMILES string of the molecule is Cc1nc(-c2ccc3oc4c(c3c2)C=CC(C)C4)c2ccccc2n1. The van der Waals surface area contributed by atoms with Crippen molar-refractivity contribution < 1.29 is 4.42 Å². The van der Waals surface area contributed by atoms with Gasteiger partial charge in [0.15, 0.2) is 0 Å². The molecule has 0 spiro atoms. The van der Waals surface area contributed by atoms with Crippen molar-refractivity contribution in [3.63, 3.8) is 0 Å². The van der Waals surface area contributed by atoms with E-state index in [4.69, 9.17) is 9.40 Å². The zero-order valence-electron chi connectivity index (χ0n) is 14.3. The highest BCUT2D eigenvalue weighted by molar-refractivity contribution is 5.97. The van der Waals surface area contributed by atoms with E-state index in [9.17, 15) is 0 Å². The molecular weight excluding hydrogens is 308 g/mol. The van der Waals surface area contributed by atoms with Gasteiger partial charge in [0.05, 0.1) is 11.2 Å². The highest BCUT2D eigenvalue weighted by Crippen LogP contribution is 2.36. The van der Waals surface area contributed by atoms with Gasteiger partial charge in [-0.2, -0.15) is 0 Å². The molecule has 122 valence electrons. The molecule has 0 radical (unpaired) electrons. The molecule has 3 nitrogen and oxygen atoms in total. The van der Waals surface area contributed by atoms with Crippen LogP contribution in [-0.4, -0.2) is 9.97 Å². The van der Waals surface area contributed by atoms with Crippen LogP contribution in [0.2, 0.25) is 0 Å². The number of allylic oxidation sites excluding steroid dienone is 1. The normalized spacial score (nSPS) is 16.5. The Hall–Kier alpha value is -2.94. The average molecular weight is 326 g/mol. The summed E-state index contributed by atoms with van der Waals surface area (Å²) >= 11 is 0. The first-order chi connectivity index (χ1) is 12.2. The number of para-hydroxylation sites is 1. The Labute approximate surface area is 146 Å². The van der Waals surface area contributed by atoms with Crippen LogP contribution in [-0.2, 0) is 6.42 Å². The Kier molecular flexibility index (Phi) is 3.04. The third-order valence-corrected chi connectivity index (χ3v) is 4.89. The molecule has 25 heavy (non-hydrogen) atoms. The topological polar surface area (TPSA) is 38.9 Å². The van der Waals surface area contributed by atoms with Gasteiger partial charge >= 0.3 is 0 Å². The van der Waals surface area contributed by atoms with Gasteiger partial charge < -0.3 is 4.42 Å². The summed E-state index contributed by atoms with van der Waals surface area (Å²) < 4.78 is 6.08. The van der Waals surface area contributed by atoms with Crippen molar-refractivity contribution in [3.8, 4) is 11.3 Å². The van der Waals surface area contributed by atoms with Crippen LogP contribution in [0.5, 0.6) is 0 Å². The van der Waals surface area contributed by atoms with Gasteiger partial charge in [-0.15, -0.1) is 0 Å². The van der Waals surface area contributed by atoms with E-state index in [0.717, 1.165) is 51.1 Å².